The molecule has 0 unspecified atom stereocenters. The number of nitrogens with one attached hydrogen (secondary N) is 1. The van der Waals surface area contributed by atoms with E-state index in [0.29, 0.717) is 67.9 Å². The number of hydrogen-bond donors (Lipinski definition) is 1. The molecule has 5 rings (SSSR count). The van der Waals surface area contributed by atoms with Crippen LogP contribution in [0.15, 0.2) is 59.5 Å². The van der Waals surface area contributed by atoms with Crippen LogP contribution in [0.1, 0.15) is 25.3 Å². The highest BCUT2D eigenvalue weighted by Crippen LogP contribution is 2.45. The van der Waals surface area contributed by atoms with Gasteiger partial charge >= 0.3 is 5.56 Å². The van der Waals surface area contributed by atoms with Gasteiger partial charge in [0.2, 0.25) is 15.8 Å². The molecule has 0 atom stereocenters. The Balaban J connectivity index is 1.30. The maximum absolute atomic E-state index is 13.6. The molecule has 220 valence electrons. The van der Waals surface area contributed by atoms with Gasteiger partial charge in [-0.25, -0.2) is 8.42 Å². The van der Waals surface area contributed by atoms with E-state index in [4.69, 9.17) is 21.1 Å². The fourth-order valence-electron chi connectivity index (χ4n) is 4.76. The van der Waals surface area contributed by atoms with Crippen molar-refractivity contribution in [1.82, 2.24) is 14.1 Å². The van der Waals surface area contributed by atoms with Crippen molar-refractivity contribution < 1.29 is 17.9 Å². The van der Waals surface area contributed by atoms with Gasteiger partial charge in [0.25, 0.3) is 0 Å². The normalized spacial score (nSPS) is 16.9. The summed E-state index contributed by atoms with van der Waals surface area (Å²) in [4.78, 5) is 15.6. The van der Waals surface area contributed by atoms with Gasteiger partial charge in [0.1, 0.15) is 5.69 Å². The molecule has 0 amide bonds. The van der Waals surface area contributed by atoms with Gasteiger partial charge in [-0.1, -0.05) is 36.7 Å². The van der Waals surface area contributed by atoms with Crippen LogP contribution in [-0.2, 0) is 20.5 Å². The van der Waals surface area contributed by atoms with Gasteiger partial charge in [-0.2, -0.15) is 14.1 Å². The van der Waals surface area contributed by atoms with E-state index in [0.717, 1.165) is 18.5 Å². The SMILES string of the molecule is COCCNc1cccc(CS(=O)(=O)N2CCN(c3cnn(-c4cccc(Cl)c4)c(=O)c3OCC3(C)CC3)CC2)c1. The molecule has 0 bridgehead atoms. The highest BCUT2D eigenvalue weighted by atomic mass is 35.5. The third kappa shape index (κ3) is 7.21. The summed E-state index contributed by atoms with van der Waals surface area (Å²) in [5.74, 6) is 0.138. The molecular weight excluding hydrogens is 566 g/mol. The van der Waals surface area contributed by atoms with Gasteiger partial charge in [0.15, 0.2) is 0 Å². The Morgan fingerprint density at radius 1 is 1.07 bits per heavy atom. The number of methoxy groups -OCH3 is 1. The van der Waals surface area contributed by atoms with Crippen molar-refractivity contribution in [3.8, 4) is 11.4 Å². The second-order valence-corrected chi connectivity index (χ2v) is 13.3. The van der Waals surface area contributed by atoms with Crippen LogP contribution in [0.4, 0.5) is 11.4 Å². The number of halogens is 1. The first-order valence-electron chi connectivity index (χ1n) is 13.7. The predicted octanol–water partition coefficient (Wildman–Crippen LogP) is 3.78. The molecule has 10 nitrogen and oxygen atoms in total. The number of piperazine rings is 1. The Morgan fingerprint density at radius 3 is 2.54 bits per heavy atom. The Hall–Kier alpha value is -3.12. The average Bonchev–Trinajstić information content (AvgIpc) is 3.69. The minimum atomic E-state index is -3.54. The molecule has 0 radical (unpaired) electrons. The van der Waals surface area contributed by atoms with E-state index in [1.165, 1.54) is 8.99 Å². The lowest BCUT2D eigenvalue weighted by Gasteiger charge is -2.35. The summed E-state index contributed by atoms with van der Waals surface area (Å²) in [6.45, 7) is 5.18. The second-order valence-electron chi connectivity index (χ2n) is 10.9. The van der Waals surface area contributed by atoms with Crippen molar-refractivity contribution in [2.45, 2.75) is 25.5 Å². The first kappa shape index (κ1) is 29.4. The summed E-state index contributed by atoms with van der Waals surface area (Å²) in [7, 11) is -1.90. The maximum Gasteiger partial charge on any atom is 0.316 e. The summed E-state index contributed by atoms with van der Waals surface area (Å²) in [5.41, 5.74) is 2.38. The minimum absolute atomic E-state index is 0.0667. The van der Waals surface area contributed by atoms with Crippen LogP contribution in [0.25, 0.3) is 5.69 Å². The van der Waals surface area contributed by atoms with Crippen LogP contribution >= 0.6 is 11.6 Å². The van der Waals surface area contributed by atoms with Gasteiger partial charge in [-0.05, 0) is 48.7 Å². The molecule has 1 aliphatic heterocycles. The van der Waals surface area contributed by atoms with Crippen molar-refractivity contribution >= 4 is 33.0 Å². The lowest BCUT2D eigenvalue weighted by atomic mass is 10.2. The first-order chi connectivity index (χ1) is 19.7. The molecule has 2 aliphatic rings. The number of hydrogen-bond acceptors (Lipinski definition) is 8. The zero-order valence-electron chi connectivity index (χ0n) is 23.4. The van der Waals surface area contributed by atoms with E-state index in [1.807, 2.05) is 29.2 Å². The zero-order valence-corrected chi connectivity index (χ0v) is 25.0. The number of nitrogens with zero attached hydrogens (tertiary/aromatic N) is 4. The molecule has 12 heteroatoms. The molecule has 41 heavy (non-hydrogen) atoms. The van der Waals surface area contributed by atoms with Crippen molar-refractivity contribution in [3.63, 3.8) is 0 Å². The first-order valence-corrected chi connectivity index (χ1v) is 15.7. The predicted molar refractivity (Wildman–Crippen MR) is 161 cm³/mol. The minimum Gasteiger partial charge on any atom is -0.486 e. The monoisotopic (exact) mass is 601 g/mol. The van der Waals surface area contributed by atoms with Gasteiger partial charge in [0, 0.05) is 56.0 Å². The standard InChI is InChI=1S/C29H36ClN5O5S/c1-29(9-10-29)21-40-27-26(19-32-35(28(27)36)25-8-4-6-23(30)18-25)33-12-14-34(15-13-33)41(37,38)20-22-5-3-7-24(17-22)31-11-16-39-2/h3-8,17-19,31H,9-16,20-21H2,1-2H3. The third-order valence-electron chi connectivity index (χ3n) is 7.52. The van der Waals surface area contributed by atoms with E-state index in [1.54, 1.807) is 37.6 Å². The largest absolute Gasteiger partial charge is 0.486 e. The van der Waals surface area contributed by atoms with Crippen LogP contribution in [0.5, 0.6) is 5.75 Å². The third-order valence-corrected chi connectivity index (χ3v) is 9.61. The van der Waals surface area contributed by atoms with Crippen LogP contribution < -0.4 is 20.5 Å². The van der Waals surface area contributed by atoms with E-state index < -0.39 is 10.0 Å². The molecule has 2 aromatic carbocycles. The molecule has 3 aromatic rings. The van der Waals surface area contributed by atoms with Crippen LogP contribution in [-0.4, -0.2) is 75.6 Å². The summed E-state index contributed by atoms with van der Waals surface area (Å²) >= 11 is 6.16. The summed E-state index contributed by atoms with van der Waals surface area (Å²) in [6.07, 6.45) is 3.73. The molecule has 1 N–H and O–H groups in total. The van der Waals surface area contributed by atoms with Gasteiger partial charge in [0.05, 0.1) is 30.9 Å². The number of benzene rings is 2. The molecule has 1 aromatic heterocycles. The smallest absolute Gasteiger partial charge is 0.316 e. The van der Waals surface area contributed by atoms with Crippen LogP contribution in [0.2, 0.25) is 5.02 Å². The zero-order chi connectivity index (χ0) is 29.0. The molecule has 2 fully saturated rings. The highest BCUT2D eigenvalue weighted by molar-refractivity contribution is 7.88. The van der Waals surface area contributed by atoms with Crippen molar-refractivity contribution in [3.05, 3.63) is 75.7 Å². The molecular formula is C29H36ClN5O5S. The summed E-state index contributed by atoms with van der Waals surface area (Å²) < 4.78 is 40.6. The Morgan fingerprint density at radius 2 is 1.83 bits per heavy atom. The molecule has 2 heterocycles. The van der Waals surface area contributed by atoms with Crippen molar-refractivity contribution in [2.24, 2.45) is 5.41 Å². The van der Waals surface area contributed by atoms with Crippen molar-refractivity contribution in [2.75, 3.05) is 63.3 Å². The van der Waals surface area contributed by atoms with E-state index in [2.05, 4.69) is 17.3 Å². The molecule has 1 saturated heterocycles. The highest BCUT2D eigenvalue weighted by Gasteiger charge is 2.39. The molecule has 1 aliphatic carbocycles. The average molecular weight is 602 g/mol. The second kappa shape index (κ2) is 12.4. The maximum atomic E-state index is 13.6. The van der Waals surface area contributed by atoms with Crippen LogP contribution in [0, 0.1) is 5.41 Å². The van der Waals surface area contributed by atoms with Crippen molar-refractivity contribution in [1.29, 1.82) is 0 Å². The van der Waals surface area contributed by atoms with E-state index >= 15 is 0 Å². The Labute approximate surface area is 245 Å². The lowest BCUT2D eigenvalue weighted by molar-refractivity contribution is 0.211. The number of sulfonamides is 1. The van der Waals surface area contributed by atoms with Gasteiger partial charge in [-0.3, -0.25) is 4.79 Å². The van der Waals surface area contributed by atoms with Gasteiger partial charge in [-0.15, -0.1) is 0 Å². The Bertz CT molecular complexity index is 1530. The fourth-order valence-corrected chi connectivity index (χ4v) is 6.45. The lowest BCUT2D eigenvalue weighted by Crippen LogP contribution is -2.49. The number of ether oxygens (including phenoxy) is 2. The topological polar surface area (TPSA) is 106 Å². The molecule has 1 saturated carbocycles. The van der Waals surface area contributed by atoms with E-state index in [-0.39, 0.29) is 22.5 Å². The number of anilines is 2. The molecule has 0 spiro atoms. The quantitative estimate of drug-likeness (QED) is 0.313. The van der Waals surface area contributed by atoms with E-state index in [9.17, 15) is 13.2 Å². The Kier molecular flexibility index (Phi) is 8.88. The summed E-state index contributed by atoms with van der Waals surface area (Å²) in [5, 5.41) is 8.16. The fraction of sp³-hybridized carbons (Fsp3) is 0.448. The summed E-state index contributed by atoms with van der Waals surface area (Å²) in [6, 6.07) is 14.4. The number of aromatic nitrogens is 2. The number of rotatable bonds is 12. The van der Waals surface area contributed by atoms with Gasteiger partial charge < -0.3 is 19.7 Å². The van der Waals surface area contributed by atoms with Crippen LogP contribution in [0.3, 0.4) is 0 Å².